The van der Waals surface area contributed by atoms with Crippen LogP contribution in [0.15, 0.2) is 35.1 Å². The van der Waals surface area contributed by atoms with Crippen molar-refractivity contribution < 1.29 is 4.39 Å². The van der Waals surface area contributed by atoms with Gasteiger partial charge in [-0.2, -0.15) is 0 Å². The lowest BCUT2D eigenvalue weighted by Gasteiger charge is -2.20. The van der Waals surface area contributed by atoms with Crippen LogP contribution in [0.2, 0.25) is 0 Å². The van der Waals surface area contributed by atoms with E-state index in [9.17, 15) is 4.39 Å². The minimum absolute atomic E-state index is 0.0399. The Labute approximate surface area is 133 Å². The number of aryl methyl sites for hydroxylation is 1. The normalized spacial score (nSPS) is 12.6. The molecular formula is C16H21BrFN3. The fourth-order valence-electron chi connectivity index (χ4n) is 2.48. The number of hydrogen-bond acceptors (Lipinski definition) is 2. The fourth-order valence-corrected chi connectivity index (χ4v) is 3.00. The highest BCUT2D eigenvalue weighted by atomic mass is 79.9. The highest BCUT2D eigenvalue weighted by molar-refractivity contribution is 9.10. The maximum Gasteiger partial charge on any atom is 0.123 e. The summed E-state index contributed by atoms with van der Waals surface area (Å²) < 4.78 is 16.6. The molecule has 0 fully saturated rings. The Hall–Kier alpha value is -1.20. The Morgan fingerprint density at radius 3 is 2.90 bits per heavy atom. The van der Waals surface area contributed by atoms with E-state index in [0.29, 0.717) is 0 Å². The first-order valence-electron chi connectivity index (χ1n) is 7.34. The molecule has 0 radical (unpaired) electrons. The first-order chi connectivity index (χ1) is 10.2. The van der Waals surface area contributed by atoms with Gasteiger partial charge in [-0.1, -0.05) is 29.8 Å². The molecule has 0 bridgehead atoms. The number of benzene rings is 1. The summed E-state index contributed by atoms with van der Waals surface area (Å²) in [4.78, 5) is 4.45. The number of imidazole rings is 1. The van der Waals surface area contributed by atoms with Crippen LogP contribution in [-0.2, 0) is 13.0 Å². The molecule has 114 valence electrons. The molecule has 2 aromatic rings. The summed E-state index contributed by atoms with van der Waals surface area (Å²) in [7, 11) is 0. The van der Waals surface area contributed by atoms with Crippen LogP contribution in [0, 0.1) is 5.82 Å². The number of likely N-dealkylation sites (N-methyl/N-ethyl adjacent to an activating group) is 1. The number of aromatic nitrogens is 2. The van der Waals surface area contributed by atoms with Crippen molar-refractivity contribution >= 4 is 15.9 Å². The lowest BCUT2D eigenvalue weighted by molar-refractivity contribution is 0.510. The van der Waals surface area contributed by atoms with Crippen LogP contribution in [0.3, 0.4) is 0 Å². The van der Waals surface area contributed by atoms with Gasteiger partial charge in [-0.3, -0.25) is 0 Å². The van der Waals surface area contributed by atoms with E-state index >= 15 is 0 Å². The molecule has 0 aliphatic carbocycles. The third kappa shape index (κ3) is 4.14. The Bertz CT molecular complexity index is 583. The van der Waals surface area contributed by atoms with Gasteiger partial charge < -0.3 is 9.88 Å². The van der Waals surface area contributed by atoms with E-state index in [4.69, 9.17) is 0 Å². The van der Waals surface area contributed by atoms with Crippen LogP contribution in [0.1, 0.15) is 37.7 Å². The maximum absolute atomic E-state index is 13.6. The summed E-state index contributed by atoms with van der Waals surface area (Å²) in [6, 6.07) is 4.85. The van der Waals surface area contributed by atoms with Crippen LogP contribution in [0.25, 0.3) is 0 Å². The molecule has 0 amide bonds. The van der Waals surface area contributed by atoms with Gasteiger partial charge in [0.05, 0.1) is 0 Å². The second-order valence-electron chi connectivity index (χ2n) is 5.02. The first kappa shape index (κ1) is 16.2. The number of nitrogens with one attached hydrogen (secondary N) is 1. The topological polar surface area (TPSA) is 29.9 Å². The van der Waals surface area contributed by atoms with E-state index in [1.54, 1.807) is 12.1 Å². The van der Waals surface area contributed by atoms with Gasteiger partial charge in [0.15, 0.2) is 0 Å². The van der Waals surface area contributed by atoms with Crippen molar-refractivity contribution in [2.45, 2.75) is 39.3 Å². The Morgan fingerprint density at radius 2 is 2.19 bits per heavy atom. The molecule has 0 aliphatic rings. The zero-order valence-electron chi connectivity index (χ0n) is 12.4. The van der Waals surface area contributed by atoms with Crippen LogP contribution < -0.4 is 5.32 Å². The molecule has 1 unspecified atom stereocenters. The lowest BCUT2D eigenvalue weighted by Crippen LogP contribution is -2.25. The predicted octanol–water partition coefficient (Wildman–Crippen LogP) is 4.09. The highest BCUT2D eigenvalue weighted by Gasteiger charge is 2.17. The van der Waals surface area contributed by atoms with Crippen LogP contribution >= 0.6 is 15.9 Å². The summed E-state index contributed by atoms with van der Waals surface area (Å²) >= 11 is 3.52. The molecule has 0 spiro atoms. The maximum atomic E-state index is 13.6. The van der Waals surface area contributed by atoms with Gasteiger partial charge in [-0.05, 0) is 36.7 Å². The largest absolute Gasteiger partial charge is 0.335 e. The second-order valence-corrected chi connectivity index (χ2v) is 5.87. The fraction of sp³-hybridized carbons (Fsp3) is 0.438. The van der Waals surface area contributed by atoms with E-state index < -0.39 is 0 Å². The molecule has 21 heavy (non-hydrogen) atoms. The van der Waals surface area contributed by atoms with E-state index in [-0.39, 0.29) is 11.9 Å². The van der Waals surface area contributed by atoms with Crippen LogP contribution in [0.5, 0.6) is 0 Å². The van der Waals surface area contributed by atoms with E-state index in [2.05, 4.69) is 44.6 Å². The Morgan fingerprint density at radius 1 is 1.38 bits per heavy atom. The third-order valence-corrected chi connectivity index (χ3v) is 4.16. The molecule has 0 saturated carbocycles. The van der Waals surface area contributed by atoms with Gasteiger partial charge in [0.1, 0.15) is 11.6 Å². The summed E-state index contributed by atoms with van der Waals surface area (Å²) in [6.45, 7) is 5.98. The zero-order chi connectivity index (χ0) is 15.2. The molecule has 1 aromatic heterocycles. The summed E-state index contributed by atoms with van der Waals surface area (Å²) in [5.41, 5.74) is 0.933. The van der Waals surface area contributed by atoms with Crippen molar-refractivity contribution in [1.82, 2.24) is 14.9 Å². The molecule has 0 saturated heterocycles. The molecule has 0 aliphatic heterocycles. The number of nitrogens with zero attached hydrogens (tertiary/aromatic N) is 2. The SMILES string of the molecule is CCCn1ccnc1CC(NCC)c1cc(F)ccc1Br. The van der Waals surface area contributed by atoms with Crippen LogP contribution in [0.4, 0.5) is 4.39 Å². The molecule has 1 N–H and O–H groups in total. The third-order valence-electron chi connectivity index (χ3n) is 3.44. The van der Waals surface area contributed by atoms with E-state index in [1.807, 2.05) is 12.4 Å². The Kier molecular flexibility index (Phi) is 5.94. The molecular weight excluding hydrogens is 333 g/mol. The molecule has 1 heterocycles. The average Bonchev–Trinajstić information content (AvgIpc) is 2.89. The van der Waals surface area contributed by atoms with Gasteiger partial charge in [0.25, 0.3) is 0 Å². The highest BCUT2D eigenvalue weighted by Crippen LogP contribution is 2.26. The summed E-state index contributed by atoms with van der Waals surface area (Å²) in [6.07, 6.45) is 5.64. The average molecular weight is 354 g/mol. The van der Waals surface area contributed by atoms with Crippen molar-refractivity contribution in [1.29, 1.82) is 0 Å². The number of rotatable bonds is 7. The summed E-state index contributed by atoms with van der Waals surface area (Å²) in [5.74, 6) is 0.812. The first-order valence-corrected chi connectivity index (χ1v) is 8.13. The van der Waals surface area contributed by atoms with Gasteiger partial charge in [-0.15, -0.1) is 0 Å². The van der Waals surface area contributed by atoms with Crippen molar-refractivity contribution in [2.24, 2.45) is 0 Å². The standard InChI is InChI=1S/C16H21BrFN3/c1-3-8-21-9-7-20-16(21)11-15(19-4-2)13-10-12(18)5-6-14(13)17/h5-7,9-10,15,19H,3-4,8,11H2,1-2H3. The predicted molar refractivity (Wildman–Crippen MR) is 86.7 cm³/mol. The molecule has 1 aromatic carbocycles. The van der Waals surface area contributed by atoms with Gasteiger partial charge in [0, 0.05) is 35.9 Å². The summed E-state index contributed by atoms with van der Waals surface area (Å²) in [5, 5.41) is 3.42. The van der Waals surface area contributed by atoms with Crippen LogP contribution in [-0.4, -0.2) is 16.1 Å². The zero-order valence-corrected chi connectivity index (χ0v) is 14.0. The van der Waals surface area contributed by atoms with Gasteiger partial charge in [-0.25, -0.2) is 9.37 Å². The van der Waals surface area contributed by atoms with E-state index in [0.717, 1.165) is 41.8 Å². The van der Waals surface area contributed by atoms with Crippen molar-refractivity contribution in [2.75, 3.05) is 6.54 Å². The van der Waals surface area contributed by atoms with Crippen molar-refractivity contribution in [3.63, 3.8) is 0 Å². The minimum Gasteiger partial charge on any atom is -0.335 e. The number of halogens is 2. The molecule has 2 rings (SSSR count). The minimum atomic E-state index is -0.215. The molecule has 5 heteroatoms. The van der Waals surface area contributed by atoms with Crippen molar-refractivity contribution in [3.8, 4) is 0 Å². The smallest absolute Gasteiger partial charge is 0.123 e. The monoisotopic (exact) mass is 353 g/mol. The molecule has 1 atom stereocenters. The quantitative estimate of drug-likeness (QED) is 0.812. The second kappa shape index (κ2) is 7.71. The van der Waals surface area contributed by atoms with Gasteiger partial charge >= 0.3 is 0 Å². The van der Waals surface area contributed by atoms with Crippen molar-refractivity contribution in [3.05, 3.63) is 52.3 Å². The Balaban J connectivity index is 2.26. The molecule has 3 nitrogen and oxygen atoms in total. The van der Waals surface area contributed by atoms with E-state index in [1.165, 1.54) is 6.07 Å². The number of hydrogen-bond donors (Lipinski definition) is 1. The van der Waals surface area contributed by atoms with Gasteiger partial charge in [0.2, 0.25) is 0 Å². The lowest BCUT2D eigenvalue weighted by atomic mass is 10.0.